The largest absolute Gasteiger partial charge is 0.492 e. The van der Waals surface area contributed by atoms with Crippen LogP contribution in [0.5, 0.6) is 5.75 Å². The van der Waals surface area contributed by atoms with E-state index < -0.39 is 0 Å². The molecule has 0 aliphatic heterocycles. The highest BCUT2D eigenvalue weighted by molar-refractivity contribution is 9.10. The Morgan fingerprint density at radius 3 is 2.59 bits per heavy atom. The summed E-state index contributed by atoms with van der Waals surface area (Å²) >= 11 is 3.46. The minimum atomic E-state index is 0. The summed E-state index contributed by atoms with van der Waals surface area (Å²) in [5, 5.41) is 5.47. The van der Waals surface area contributed by atoms with Gasteiger partial charge in [-0.05, 0) is 42.1 Å². The summed E-state index contributed by atoms with van der Waals surface area (Å²) in [7, 11) is 1.92. The van der Waals surface area contributed by atoms with Crippen molar-refractivity contribution in [2.24, 2.45) is 0 Å². The summed E-state index contributed by atoms with van der Waals surface area (Å²) in [4.78, 5) is 0. The summed E-state index contributed by atoms with van der Waals surface area (Å²) in [6, 6.07) is 12.4. The maximum Gasteiger partial charge on any atom is 0.120 e. The van der Waals surface area contributed by atoms with Crippen molar-refractivity contribution >= 4 is 39.1 Å². The fourth-order valence-electron chi connectivity index (χ4n) is 1.56. The van der Waals surface area contributed by atoms with Crippen LogP contribution in [0, 0.1) is 0 Å². The molecule has 1 N–H and O–H groups in total. The van der Waals surface area contributed by atoms with Gasteiger partial charge in [-0.1, -0.05) is 28.1 Å². The van der Waals surface area contributed by atoms with Crippen LogP contribution in [-0.4, -0.2) is 20.2 Å². The SMILES string of the molecule is CNCCOc1ccc2cc(Br)ccc2c1.Cl. The number of benzene rings is 2. The minimum Gasteiger partial charge on any atom is -0.492 e. The van der Waals surface area contributed by atoms with Crippen molar-refractivity contribution in [1.29, 1.82) is 0 Å². The van der Waals surface area contributed by atoms with E-state index in [4.69, 9.17) is 4.74 Å². The molecule has 4 heteroatoms. The van der Waals surface area contributed by atoms with Crippen molar-refractivity contribution in [2.45, 2.75) is 0 Å². The Balaban J connectivity index is 0.00000144. The lowest BCUT2D eigenvalue weighted by Gasteiger charge is -2.07. The van der Waals surface area contributed by atoms with Crippen LogP contribution in [0.2, 0.25) is 0 Å². The van der Waals surface area contributed by atoms with Crippen molar-refractivity contribution in [2.75, 3.05) is 20.2 Å². The number of ether oxygens (including phenoxy) is 1. The van der Waals surface area contributed by atoms with Crippen molar-refractivity contribution in [1.82, 2.24) is 5.32 Å². The number of nitrogens with one attached hydrogen (secondary N) is 1. The first-order chi connectivity index (χ1) is 7.79. The van der Waals surface area contributed by atoms with E-state index in [-0.39, 0.29) is 12.4 Å². The second-order valence-electron chi connectivity index (χ2n) is 3.61. The van der Waals surface area contributed by atoms with Gasteiger partial charge in [-0.15, -0.1) is 12.4 Å². The molecule has 2 aromatic carbocycles. The molecule has 0 amide bonds. The smallest absolute Gasteiger partial charge is 0.120 e. The Hall–Kier alpha value is -0.770. The lowest BCUT2D eigenvalue weighted by atomic mass is 10.1. The third-order valence-corrected chi connectivity index (χ3v) is 2.89. The van der Waals surface area contributed by atoms with Gasteiger partial charge in [0.15, 0.2) is 0 Å². The number of fused-ring (bicyclic) bond motifs is 1. The van der Waals surface area contributed by atoms with Crippen LogP contribution in [0.15, 0.2) is 40.9 Å². The highest BCUT2D eigenvalue weighted by Gasteiger charge is 1.98. The van der Waals surface area contributed by atoms with Crippen LogP contribution >= 0.6 is 28.3 Å². The number of hydrogen-bond acceptors (Lipinski definition) is 2. The van der Waals surface area contributed by atoms with Gasteiger partial charge in [-0.25, -0.2) is 0 Å². The van der Waals surface area contributed by atoms with Gasteiger partial charge in [0.2, 0.25) is 0 Å². The lowest BCUT2D eigenvalue weighted by Crippen LogP contribution is -2.15. The van der Waals surface area contributed by atoms with E-state index in [0.29, 0.717) is 6.61 Å². The van der Waals surface area contributed by atoms with Crippen LogP contribution in [0.1, 0.15) is 0 Å². The molecule has 92 valence electrons. The van der Waals surface area contributed by atoms with E-state index in [1.54, 1.807) is 0 Å². The highest BCUT2D eigenvalue weighted by Crippen LogP contribution is 2.23. The molecule has 2 rings (SSSR count). The lowest BCUT2D eigenvalue weighted by molar-refractivity contribution is 0.319. The number of hydrogen-bond donors (Lipinski definition) is 1. The molecule has 0 radical (unpaired) electrons. The van der Waals surface area contributed by atoms with Gasteiger partial charge in [-0.2, -0.15) is 0 Å². The highest BCUT2D eigenvalue weighted by atomic mass is 79.9. The van der Waals surface area contributed by atoms with E-state index >= 15 is 0 Å². The Morgan fingerprint density at radius 1 is 1.12 bits per heavy atom. The van der Waals surface area contributed by atoms with Crippen molar-refractivity contribution in [3.63, 3.8) is 0 Å². The van der Waals surface area contributed by atoms with Crippen LogP contribution in [0.3, 0.4) is 0 Å². The summed E-state index contributed by atoms with van der Waals surface area (Å²) in [5.74, 6) is 0.921. The summed E-state index contributed by atoms with van der Waals surface area (Å²) in [6.07, 6.45) is 0. The standard InChI is InChI=1S/C13H14BrNO.ClH/c1-15-6-7-16-13-5-3-10-8-12(14)4-2-11(10)9-13;/h2-5,8-9,15H,6-7H2,1H3;1H. The van der Waals surface area contributed by atoms with Crippen LogP contribution in [0.4, 0.5) is 0 Å². The number of rotatable bonds is 4. The Kier molecular flexibility index (Phi) is 5.75. The van der Waals surface area contributed by atoms with E-state index in [9.17, 15) is 0 Å². The first kappa shape index (κ1) is 14.3. The summed E-state index contributed by atoms with van der Waals surface area (Å²) < 4.78 is 6.71. The topological polar surface area (TPSA) is 21.3 Å². The summed E-state index contributed by atoms with van der Waals surface area (Å²) in [5.41, 5.74) is 0. The zero-order chi connectivity index (χ0) is 11.4. The average molecular weight is 317 g/mol. The quantitative estimate of drug-likeness (QED) is 0.870. The monoisotopic (exact) mass is 315 g/mol. The molecule has 0 aliphatic rings. The van der Waals surface area contributed by atoms with Gasteiger partial charge in [0.1, 0.15) is 12.4 Å². The molecule has 2 aromatic rings. The second kappa shape index (κ2) is 6.84. The van der Waals surface area contributed by atoms with Gasteiger partial charge in [0, 0.05) is 11.0 Å². The fraction of sp³-hybridized carbons (Fsp3) is 0.231. The van der Waals surface area contributed by atoms with Crippen molar-refractivity contribution in [3.05, 3.63) is 40.9 Å². The molecule has 2 nitrogen and oxygen atoms in total. The minimum absolute atomic E-state index is 0. The first-order valence-electron chi connectivity index (χ1n) is 5.26. The van der Waals surface area contributed by atoms with E-state index in [1.807, 2.05) is 19.2 Å². The number of halogens is 2. The molecule has 0 aliphatic carbocycles. The molecular formula is C13H15BrClNO. The third-order valence-electron chi connectivity index (χ3n) is 2.39. The van der Waals surface area contributed by atoms with Crippen molar-refractivity contribution in [3.8, 4) is 5.75 Å². The van der Waals surface area contributed by atoms with Gasteiger partial charge < -0.3 is 10.1 Å². The predicted molar refractivity (Wildman–Crippen MR) is 78.3 cm³/mol. The van der Waals surface area contributed by atoms with E-state index in [0.717, 1.165) is 16.8 Å². The maximum absolute atomic E-state index is 5.61. The summed E-state index contributed by atoms with van der Waals surface area (Å²) in [6.45, 7) is 1.55. The molecule has 0 saturated heterocycles. The Morgan fingerprint density at radius 2 is 1.82 bits per heavy atom. The van der Waals surface area contributed by atoms with E-state index in [1.165, 1.54) is 10.8 Å². The molecular weight excluding hydrogens is 302 g/mol. The maximum atomic E-state index is 5.61. The van der Waals surface area contributed by atoms with Gasteiger partial charge in [0.25, 0.3) is 0 Å². The molecule has 0 saturated carbocycles. The van der Waals surface area contributed by atoms with Crippen LogP contribution in [-0.2, 0) is 0 Å². The third kappa shape index (κ3) is 3.87. The first-order valence-corrected chi connectivity index (χ1v) is 6.05. The Labute approximate surface area is 116 Å². The number of likely N-dealkylation sites (N-methyl/N-ethyl adjacent to an activating group) is 1. The molecule has 0 heterocycles. The molecule has 0 aromatic heterocycles. The zero-order valence-corrected chi connectivity index (χ0v) is 12.0. The molecule has 0 bridgehead atoms. The average Bonchev–Trinajstić information content (AvgIpc) is 2.29. The van der Waals surface area contributed by atoms with Crippen LogP contribution < -0.4 is 10.1 Å². The fourth-order valence-corrected chi connectivity index (χ4v) is 1.93. The van der Waals surface area contributed by atoms with Gasteiger partial charge >= 0.3 is 0 Å². The molecule has 0 fully saturated rings. The van der Waals surface area contributed by atoms with Gasteiger partial charge in [0.05, 0.1) is 0 Å². The van der Waals surface area contributed by atoms with E-state index in [2.05, 4.69) is 45.5 Å². The van der Waals surface area contributed by atoms with Gasteiger partial charge in [-0.3, -0.25) is 0 Å². The predicted octanol–water partition coefficient (Wildman–Crippen LogP) is 3.62. The second-order valence-corrected chi connectivity index (χ2v) is 4.52. The normalized spacial score (nSPS) is 10.0. The molecule has 17 heavy (non-hydrogen) atoms. The van der Waals surface area contributed by atoms with Crippen LogP contribution in [0.25, 0.3) is 10.8 Å². The zero-order valence-electron chi connectivity index (χ0n) is 9.57. The Bertz CT molecular complexity index is 490. The molecule has 0 atom stereocenters. The molecule has 0 unspecified atom stereocenters. The van der Waals surface area contributed by atoms with Crippen molar-refractivity contribution < 1.29 is 4.74 Å². The molecule has 0 spiro atoms.